The molecule has 6 rings (SSSR count). The Morgan fingerprint density at radius 1 is 0.645 bits per heavy atom. The number of halogens is 1. The summed E-state index contributed by atoms with van der Waals surface area (Å²) in [6, 6.07) is 36.4. The van der Waals surface area contributed by atoms with Gasteiger partial charge in [0.15, 0.2) is 5.60 Å². The fourth-order valence-electron chi connectivity index (χ4n) is 5.78. The number of hydrogen-bond acceptors (Lipinski definition) is 1. The molecule has 2 aliphatic rings. The SMILES string of the molecule is Cc1cccc([C@H]2C(F)[C@]3(c4ccccc4)O[C@@]2(c2ccccc2)c2ccccc23)c1. The van der Waals surface area contributed by atoms with Crippen molar-refractivity contribution in [2.75, 3.05) is 0 Å². The van der Waals surface area contributed by atoms with E-state index in [-0.39, 0.29) is 0 Å². The van der Waals surface area contributed by atoms with Crippen LogP contribution in [0.3, 0.4) is 0 Å². The maximum atomic E-state index is 16.9. The van der Waals surface area contributed by atoms with Gasteiger partial charge in [-0.15, -0.1) is 0 Å². The first-order chi connectivity index (χ1) is 15.2. The summed E-state index contributed by atoms with van der Waals surface area (Å²) in [4.78, 5) is 0. The molecular formula is C29H23FO. The van der Waals surface area contributed by atoms with Crippen LogP contribution in [0.15, 0.2) is 109 Å². The minimum Gasteiger partial charge on any atom is -0.346 e. The average Bonchev–Trinajstić information content (AvgIpc) is 3.29. The van der Waals surface area contributed by atoms with E-state index in [4.69, 9.17) is 4.74 Å². The third-order valence-electron chi connectivity index (χ3n) is 6.97. The van der Waals surface area contributed by atoms with Crippen LogP contribution in [0, 0.1) is 6.92 Å². The Kier molecular flexibility index (Phi) is 3.97. The third kappa shape index (κ3) is 2.34. The number of aryl methyl sites for hydroxylation is 1. The Morgan fingerprint density at radius 3 is 1.81 bits per heavy atom. The Morgan fingerprint density at radius 2 is 1.19 bits per heavy atom. The molecule has 4 aromatic rings. The van der Waals surface area contributed by atoms with Crippen LogP contribution in [0.4, 0.5) is 4.39 Å². The Labute approximate surface area is 182 Å². The fourth-order valence-corrected chi connectivity index (χ4v) is 5.78. The van der Waals surface area contributed by atoms with E-state index in [1.54, 1.807) is 0 Å². The predicted octanol–water partition coefficient (Wildman–Crippen LogP) is 6.65. The zero-order chi connectivity index (χ0) is 21.1. The molecule has 0 aliphatic carbocycles. The largest absolute Gasteiger partial charge is 0.346 e. The van der Waals surface area contributed by atoms with Crippen molar-refractivity contribution < 1.29 is 9.13 Å². The standard InChI is InChI=1S/C29H23FO/c1-20-11-10-12-21(19-20)26-27(30)29(23-15-6-3-7-16-23)25-18-9-8-17-24(25)28(26,31-29)22-13-4-2-5-14-22/h2-19,26-27H,1H3/t26-,27?,28-,29+/m0/s1. The lowest BCUT2D eigenvalue weighted by molar-refractivity contribution is -0.0567. The third-order valence-corrected chi connectivity index (χ3v) is 6.97. The van der Waals surface area contributed by atoms with Crippen LogP contribution in [0.1, 0.15) is 39.3 Å². The fraction of sp³-hybridized carbons (Fsp3) is 0.172. The van der Waals surface area contributed by atoms with Gasteiger partial charge in [-0.25, -0.2) is 4.39 Å². The predicted molar refractivity (Wildman–Crippen MR) is 121 cm³/mol. The van der Waals surface area contributed by atoms with E-state index in [0.29, 0.717) is 0 Å². The van der Waals surface area contributed by atoms with Crippen molar-refractivity contribution in [1.29, 1.82) is 0 Å². The van der Waals surface area contributed by atoms with Gasteiger partial charge < -0.3 is 4.74 Å². The molecule has 0 N–H and O–H groups in total. The first-order valence-electron chi connectivity index (χ1n) is 10.8. The molecule has 0 saturated carbocycles. The molecule has 1 saturated heterocycles. The first-order valence-corrected chi connectivity index (χ1v) is 10.8. The highest BCUT2D eigenvalue weighted by atomic mass is 19.1. The second kappa shape index (κ2) is 6.63. The zero-order valence-electron chi connectivity index (χ0n) is 17.3. The quantitative estimate of drug-likeness (QED) is 0.370. The van der Waals surface area contributed by atoms with Gasteiger partial charge in [-0.2, -0.15) is 0 Å². The summed E-state index contributed by atoms with van der Waals surface area (Å²) in [7, 11) is 0. The maximum Gasteiger partial charge on any atom is 0.152 e. The van der Waals surface area contributed by atoms with Gasteiger partial charge in [0.1, 0.15) is 11.8 Å². The lowest BCUT2D eigenvalue weighted by Gasteiger charge is -2.37. The molecule has 0 spiro atoms. The molecule has 2 heterocycles. The monoisotopic (exact) mass is 406 g/mol. The van der Waals surface area contributed by atoms with Crippen molar-refractivity contribution in [3.8, 4) is 0 Å². The van der Waals surface area contributed by atoms with Crippen LogP contribution < -0.4 is 0 Å². The Balaban J connectivity index is 1.72. The molecule has 152 valence electrons. The van der Waals surface area contributed by atoms with E-state index in [0.717, 1.165) is 33.4 Å². The van der Waals surface area contributed by atoms with Gasteiger partial charge >= 0.3 is 0 Å². The topological polar surface area (TPSA) is 9.23 Å². The molecule has 1 unspecified atom stereocenters. The number of alkyl halides is 1. The van der Waals surface area contributed by atoms with Crippen LogP contribution in [-0.4, -0.2) is 6.17 Å². The van der Waals surface area contributed by atoms with E-state index in [2.05, 4.69) is 37.3 Å². The van der Waals surface area contributed by atoms with E-state index in [1.165, 1.54) is 0 Å². The molecule has 2 heteroatoms. The highest BCUT2D eigenvalue weighted by Gasteiger charge is 2.72. The second-order valence-electron chi connectivity index (χ2n) is 8.64. The van der Waals surface area contributed by atoms with Gasteiger partial charge in [-0.3, -0.25) is 0 Å². The maximum absolute atomic E-state index is 16.9. The van der Waals surface area contributed by atoms with Crippen LogP contribution in [-0.2, 0) is 15.9 Å². The minimum atomic E-state index is -1.23. The zero-order valence-corrected chi connectivity index (χ0v) is 17.3. The first kappa shape index (κ1) is 18.5. The van der Waals surface area contributed by atoms with Crippen LogP contribution in [0.5, 0.6) is 0 Å². The molecule has 2 aliphatic heterocycles. The molecule has 0 aromatic heterocycles. The highest BCUT2D eigenvalue weighted by molar-refractivity contribution is 5.61. The van der Waals surface area contributed by atoms with Crippen molar-refractivity contribution >= 4 is 0 Å². The highest BCUT2D eigenvalue weighted by Crippen LogP contribution is 2.69. The molecule has 0 radical (unpaired) electrons. The van der Waals surface area contributed by atoms with E-state index >= 15 is 4.39 Å². The average molecular weight is 407 g/mol. The number of rotatable bonds is 3. The molecule has 1 fully saturated rings. The molecule has 1 nitrogen and oxygen atoms in total. The normalized spacial score (nSPS) is 28.5. The lowest BCUT2D eigenvalue weighted by Crippen LogP contribution is -2.40. The summed E-state index contributed by atoms with van der Waals surface area (Å²) in [5.74, 6) is -0.454. The minimum absolute atomic E-state index is 0.454. The second-order valence-corrected chi connectivity index (χ2v) is 8.64. The molecule has 2 bridgehead atoms. The summed E-state index contributed by atoms with van der Waals surface area (Å²) in [6.45, 7) is 2.06. The van der Waals surface area contributed by atoms with Crippen molar-refractivity contribution in [3.63, 3.8) is 0 Å². The summed E-state index contributed by atoms with van der Waals surface area (Å²) in [5, 5.41) is 0. The van der Waals surface area contributed by atoms with Gasteiger partial charge in [-0.05, 0) is 34.7 Å². The van der Waals surface area contributed by atoms with E-state index in [9.17, 15) is 0 Å². The number of hydrogen-bond donors (Lipinski definition) is 0. The van der Waals surface area contributed by atoms with Crippen LogP contribution in [0.25, 0.3) is 0 Å². The van der Waals surface area contributed by atoms with Gasteiger partial charge in [-0.1, -0.05) is 115 Å². The van der Waals surface area contributed by atoms with E-state index in [1.807, 2.05) is 78.9 Å². The van der Waals surface area contributed by atoms with Crippen molar-refractivity contribution in [2.24, 2.45) is 0 Å². The van der Waals surface area contributed by atoms with Crippen LogP contribution >= 0.6 is 0 Å². The van der Waals surface area contributed by atoms with Gasteiger partial charge in [0.25, 0.3) is 0 Å². The summed E-state index contributed by atoms with van der Waals surface area (Å²) < 4.78 is 24.0. The number of fused-ring (bicyclic) bond motifs is 5. The van der Waals surface area contributed by atoms with Crippen molar-refractivity contribution in [1.82, 2.24) is 0 Å². The molecule has 4 aromatic carbocycles. The summed E-state index contributed by atoms with van der Waals surface area (Å²) >= 11 is 0. The van der Waals surface area contributed by atoms with Gasteiger partial charge in [0, 0.05) is 0 Å². The van der Waals surface area contributed by atoms with Crippen molar-refractivity contribution in [3.05, 3.63) is 143 Å². The molecular weight excluding hydrogens is 383 g/mol. The summed E-state index contributed by atoms with van der Waals surface area (Å²) in [6.07, 6.45) is -1.23. The van der Waals surface area contributed by atoms with Crippen molar-refractivity contribution in [2.45, 2.75) is 30.2 Å². The molecule has 4 atom stereocenters. The van der Waals surface area contributed by atoms with Gasteiger partial charge in [0.2, 0.25) is 0 Å². The van der Waals surface area contributed by atoms with Gasteiger partial charge in [0.05, 0.1) is 5.92 Å². The Bertz CT molecular complexity index is 1250. The molecule has 31 heavy (non-hydrogen) atoms. The Hall–Kier alpha value is -3.23. The smallest absolute Gasteiger partial charge is 0.152 e. The lowest BCUT2D eigenvalue weighted by atomic mass is 9.63. The number of benzene rings is 4. The number of ether oxygens (including phenoxy) is 1. The van der Waals surface area contributed by atoms with E-state index < -0.39 is 23.3 Å². The van der Waals surface area contributed by atoms with Crippen LogP contribution in [0.2, 0.25) is 0 Å². The molecule has 0 amide bonds. The summed E-state index contributed by atoms with van der Waals surface area (Å²) in [5.41, 5.74) is 3.92.